The van der Waals surface area contributed by atoms with Gasteiger partial charge in [0, 0.05) is 11.9 Å². The van der Waals surface area contributed by atoms with Crippen LogP contribution >= 0.6 is 0 Å². The van der Waals surface area contributed by atoms with Gasteiger partial charge in [0.1, 0.15) is 5.84 Å². The molecule has 2 aromatic rings. The molecule has 0 aromatic heterocycles. The van der Waals surface area contributed by atoms with E-state index >= 15 is 0 Å². The highest BCUT2D eigenvalue weighted by Gasteiger charge is 2.05. The third kappa shape index (κ3) is 5.43. The van der Waals surface area contributed by atoms with Gasteiger partial charge in [-0.15, -0.1) is 0 Å². The number of nitrogens with two attached hydrogens (primary N) is 1. The summed E-state index contributed by atoms with van der Waals surface area (Å²) in [6.45, 7) is 3.99. The van der Waals surface area contributed by atoms with Gasteiger partial charge in [-0.25, -0.2) is 0 Å². The lowest BCUT2D eigenvalue weighted by Crippen LogP contribution is -2.13. The maximum absolute atomic E-state index is 12.0. The Hall–Kier alpha value is -2.88. The SMILES string of the molecule is Cc1ccc(C)c(CC(=O)N=C(N)/C=C\Nc2ccccc2)c1. The summed E-state index contributed by atoms with van der Waals surface area (Å²) in [5.74, 6) is -0.0655. The second-order valence-electron chi connectivity index (χ2n) is 5.38. The van der Waals surface area contributed by atoms with Crippen molar-refractivity contribution >= 4 is 17.4 Å². The standard InChI is InChI=1S/C19H21N3O/c1-14-8-9-15(2)16(12-14)13-19(23)22-18(20)10-11-21-17-6-4-3-5-7-17/h3-12,21H,13H2,1-2H3,(H2,20,22,23)/b11-10-. The van der Waals surface area contributed by atoms with Crippen molar-refractivity contribution in [3.8, 4) is 0 Å². The van der Waals surface area contributed by atoms with Crippen molar-refractivity contribution in [2.75, 3.05) is 5.32 Å². The van der Waals surface area contributed by atoms with Gasteiger partial charge in [-0.2, -0.15) is 4.99 Å². The number of hydrogen-bond acceptors (Lipinski definition) is 2. The molecule has 0 radical (unpaired) electrons. The van der Waals surface area contributed by atoms with Gasteiger partial charge in [-0.1, -0.05) is 42.0 Å². The van der Waals surface area contributed by atoms with Gasteiger partial charge in [-0.3, -0.25) is 4.79 Å². The molecule has 0 fully saturated rings. The molecule has 0 aliphatic heterocycles. The number of nitrogens with zero attached hydrogens (tertiary/aromatic N) is 1. The molecule has 0 unspecified atom stereocenters. The lowest BCUT2D eigenvalue weighted by Gasteiger charge is -2.04. The van der Waals surface area contributed by atoms with Crippen LogP contribution in [-0.2, 0) is 11.2 Å². The van der Waals surface area contributed by atoms with Crippen LogP contribution in [-0.4, -0.2) is 11.7 Å². The number of amidine groups is 1. The number of para-hydroxylation sites is 1. The van der Waals surface area contributed by atoms with E-state index in [-0.39, 0.29) is 18.2 Å². The van der Waals surface area contributed by atoms with E-state index < -0.39 is 0 Å². The Kier molecular flexibility index (Phi) is 5.69. The molecule has 4 heteroatoms. The minimum absolute atomic E-state index is 0.184. The van der Waals surface area contributed by atoms with Crippen LogP contribution in [0.25, 0.3) is 0 Å². The topological polar surface area (TPSA) is 67.5 Å². The predicted molar refractivity (Wildman–Crippen MR) is 95.5 cm³/mol. The minimum Gasteiger partial charge on any atom is -0.384 e. The first-order chi connectivity index (χ1) is 11.0. The molecule has 2 rings (SSSR count). The zero-order valence-corrected chi connectivity index (χ0v) is 13.4. The highest BCUT2D eigenvalue weighted by Crippen LogP contribution is 2.11. The van der Waals surface area contributed by atoms with Crippen molar-refractivity contribution in [3.05, 3.63) is 77.5 Å². The number of aryl methyl sites for hydroxylation is 2. The lowest BCUT2D eigenvalue weighted by atomic mass is 10.0. The van der Waals surface area contributed by atoms with Crippen molar-refractivity contribution in [1.29, 1.82) is 0 Å². The summed E-state index contributed by atoms with van der Waals surface area (Å²) in [5.41, 5.74) is 9.90. The second-order valence-corrected chi connectivity index (χ2v) is 5.38. The summed E-state index contributed by atoms with van der Waals surface area (Å²) in [6, 6.07) is 15.7. The zero-order chi connectivity index (χ0) is 16.7. The summed E-state index contributed by atoms with van der Waals surface area (Å²) in [4.78, 5) is 15.9. The van der Waals surface area contributed by atoms with Gasteiger partial charge in [0.25, 0.3) is 5.91 Å². The van der Waals surface area contributed by atoms with Crippen LogP contribution in [0.5, 0.6) is 0 Å². The van der Waals surface area contributed by atoms with Crippen LogP contribution in [0, 0.1) is 13.8 Å². The Morgan fingerprint density at radius 1 is 1.17 bits per heavy atom. The van der Waals surface area contributed by atoms with E-state index in [2.05, 4.69) is 10.3 Å². The first kappa shape index (κ1) is 16.5. The van der Waals surface area contributed by atoms with Gasteiger partial charge in [0.2, 0.25) is 0 Å². The Balaban J connectivity index is 1.94. The van der Waals surface area contributed by atoms with E-state index in [4.69, 9.17) is 5.73 Å². The van der Waals surface area contributed by atoms with Crippen molar-refractivity contribution in [2.45, 2.75) is 20.3 Å². The molecule has 4 nitrogen and oxygen atoms in total. The van der Waals surface area contributed by atoms with Crippen molar-refractivity contribution in [1.82, 2.24) is 0 Å². The molecule has 2 aromatic carbocycles. The average Bonchev–Trinajstić information content (AvgIpc) is 2.52. The van der Waals surface area contributed by atoms with Crippen molar-refractivity contribution in [3.63, 3.8) is 0 Å². The quantitative estimate of drug-likeness (QED) is 0.657. The van der Waals surface area contributed by atoms with Crippen molar-refractivity contribution in [2.24, 2.45) is 10.7 Å². The molecular formula is C19H21N3O. The molecule has 0 spiro atoms. The molecule has 0 saturated heterocycles. The molecule has 0 saturated carbocycles. The second kappa shape index (κ2) is 7.94. The largest absolute Gasteiger partial charge is 0.384 e. The zero-order valence-electron chi connectivity index (χ0n) is 13.4. The molecule has 0 bridgehead atoms. The number of aliphatic imine (C=N–C) groups is 1. The summed E-state index contributed by atoms with van der Waals surface area (Å²) < 4.78 is 0. The Morgan fingerprint density at radius 2 is 1.91 bits per heavy atom. The smallest absolute Gasteiger partial charge is 0.252 e. The lowest BCUT2D eigenvalue weighted by molar-refractivity contribution is -0.117. The Labute approximate surface area is 136 Å². The third-order valence-electron chi connectivity index (χ3n) is 3.38. The van der Waals surface area contributed by atoms with Gasteiger partial charge in [0.15, 0.2) is 0 Å². The van der Waals surface area contributed by atoms with Gasteiger partial charge in [0.05, 0.1) is 6.42 Å². The van der Waals surface area contributed by atoms with Gasteiger partial charge >= 0.3 is 0 Å². The molecule has 0 heterocycles. The molecule has 23 heavy (non-hydrogen) atoms. The molecule has 3 N–H and O–H groups in total. The number of carbonyl (C=O) groups excluding carboxylic acids is 1. The molecule has 0 aliphatic carbocycles. The van der Waals surface area contributed by atoms with Crippen LogP contribution in [0.2, 0.25) is 0 Å². The van der Waals surface area contributed by atoms with E-state index in [1.165, 1.54) is 0 Å². The fraction of sp³-hybridized carbons (Fsp3) is 0.158. The van der Waals surface area contributed by atoms with Crippen LogP contribution in [0.1, 0.15) is 16.7 Å². The number of hydrogen-bond donors (Lipinski definition) is 2. The molecule has 0 aliphatic rings. The van der Waals surface area contributed by atoms with Crippen LogP contribution in [0.3, 0.4) is 0 Å². The van der Waals surface area contributed by atoms with Crippen molar-refractivity contribution < 1.29 is 4.79 Å². The molecule has 0 atom stereocenters. The number of carbonyl (C=O) groups is 1. The first-order valence-electron chi connectivity index (χ1n) is 7.46. The van der Waals surface area contributed by atoms with Gasteiger partial charge in [-0.05, 0) is 43.2 Å². The number of amides is 1. The minimum atomic E-state index is -0.249. The molecule has 118 valence electrons. The maximum Gasteiger partial charge on any atom is 0.252 e. The van der Waals surface area contributed by atoms with Crippen LogP contribution < -0.4 is 11.1 Å². The summed E-state index contributed by atoms with van der Waals surface area (Å²) >= 11 is 0. The Bertz CT molecular complexity index is 734. The highest BCUT2D eigenvalue weighted by molar-refractivity contribution is 6.00. The number of nitrogens with one attached hydrogen (secondary N) is 1. The third-order valence-corrected chi connectivity index (χ3v) is 3.38. The number of benzene rings is 2. The highest BCUT2D eigenvalue weighted by atomic mass is 16.1. The number of rotatable bonds is 5. The monoisotopic (exact) mass is 307 g/mol. The van der Waals surface area contributed by atoms with E-state index in [9.17, 15) is 4.79 Å². The molecule has 1 amide bonds. The van der Waals surface area contributed by atoms with E-state index in [1.807, 2.05) is 62.4 Å². The van der Waals surface area contributed by atoms with Gasteiger partial charge < -0.3 is 11.1 Å². The summed E-state index contributed by atoms with van der Waals surface area (Å²) in [5, 5.41) is 3.06. The average molecular weight is 307 g/mol. The number of anilines is 1. The van der Waals surface area contributed by atoms with Crippen LogP contribution in [0.4, 0.5) is 5.69 Å². The summed E-state index contributed by atoms with van der Waals surface area (Å²) in [6.07, 6.45) is 3.50. The first-order valence-corrected chi connectivity index (χ1v) is 7.46. The Morgan fingerprint density at radius 3 is 2.65 bits per heavy atom. The predicted octanol–water partition coefficient (Wildman–Crippen LogP) is 3.36. The van der Waals surface area contributed by atoms with Crippen LogP contribution in [0.15, 0.2) is 65.8 Å². The maximum atomic E-state index is 12.0. The van der Waals surface area contributed by atoms with E-state index in [0.717, 1.165) is 22.4 Å². The van der Waals surface area contributed by atoms with E-state index in [0.29, 0.717) is 0 Å². The fourth-order valence-corrected chi connectivity index (χ4v) is 2.13. The normalized spacial score (nSPS) is 11.7. The molecular weight excluding hydrogens is 286 g/mol. The summed E-state index contributed by atoms with van der Waals surface area (Å²) in [7, 11) is 0. The fourth-order valence-electron chi connectivity index (χ4n) is 2.13. The van der Waals surface area contributed by atoms with E-state index in [1.54, 1.807) is 12.3 Å².